The monoisotopic (exact) mass is 687 g/mol. The van der Waals surface area contributed by atoms with E-state index in [1.165, 1.54) is 45.9 Å². The summed E-state index contributed by atoms with van der Waals surface area (Å²) in [6.45, 7) is 0. The Balaban J connectivity index is 1.21. The van der Waals surface area contributed by atoms with Gasteiger partial charge in [0.05, 0.1) is 0 Å². The molecule has 0 radical (unpaired) electrons. The van der Waals surface area contributed by atoms with E-state index in [0.717, 1.165) is 44.2 Å². The van der Waals surface area contributed by atoms with Crippen molar-refractivity contribution in [2.45, 2.75) is 0 Å². The summed E-state index contributed by atoms with van der Waals surface area (Å²) >= 11 is 3.63. The van der Waals surface area contributed by atoms with Crippen LogP contribution in [0.3, 0.4) is 0 Å². The van der Waals surface area contributed by atoms with Crippen molar-refractivity contribution in [1.29, 1.82) is 0 Å². The van der Waals surface area contributed by atoms with Gasteiger partial charge in [-0.15, -0.1) is 22.7 Å². The van der Waals surface area contributed by atoms with Gasteiger partial charge in [0.1, 0.15) is 11.2 Å². The number of benzene rings is 7. The molecule has 4 heterocycles. The van der Waals surface area contributed by atoms with Crippen LogP contribution in [-0.4, -0.2) is 15.0 Å². The predicted octanol–water partition coefficient (Wildman–Crippen LogP) is 13.2. The number of rotatable bonds is 4. The van der Waals surface area contributed by atoms with Crippen LogP contribution in [0.4, 0.5) is 0 Å². The highest BCUT2D eigenvalue weighted by Crippen LogP contribution is 2.46. The maximum atomic E-state index is 6.61. The van der Waals surface area contributed by atoms with E-state index < -0.39 is 0 Å². The third kappa shape index (κ3) is 4.40. The molecule has 4 aromatic heterocycles. The van der Waals surface area contributed by atoms with Gasteiger partial charge in [-0.1, -0.05) is 121 Å². The van der Waals surface area contributed by atoms with E-state index in [-0.39, 0.29) is 0 Å². The van der Waals surface area contributed by atoms with E-state index in [0.29, 0.717) is 17.5 Å². The molecule has 0 aliphatic rings. The molecular formula is C45H25N3OS2. The van der Waals surface area contributed by atoms with Crippen molar-refractivity contribution in [1.82, 2.24) is 15.0 Å². The van der Waals surface area contributed by atoms with Gasteiger partial charge < -0.3 is 4.42 Å². The molecule has 0 N–H and O–H groups in total. The fourth-order valence-electron chi connectivity index (χ4n) is 7.53. The molecule has 238 valence electrons. The average Bonchev–Trinajstić information content (AvgIpc) is 3.89. The molecule has 0 saturated carbocycles. The van der Waals surface area contributed by atoms with Crippen LogP contribution in [0.5, 0.6) is 0 Å². The van der Waals surface area contributed by atoms with E-state index in [2.05, 4.69) is 121 Å². The molecule has 11 rings (SSSR count). The van der Waals surface area contributed by atoms with Crippen LogP contribution < -0.4 is 0 Å². The lowest BCUT2D eigenvalue weighted by molar-refractivity contribution is 0.669. The Morgan fingerprint density at radius 2 is 0.882 bits per heavy atom. The molecule has 51 heavy (non-hydrogen) atoms. The summed E-state index contributed by atoms with van der Waals surface area (Å²) in [7, 11) is 0. The van der Waals surface area contributed by atoms with E-state index >= 15 is 0 Å². The van der Waals surface area contributed by atoms with Crippen molar-refractivity contribution in [3.8, 4) is 45.3 Å². The lowest BCUT2D eigenvalue weighted by Crippen LogP contribution is -2.00. The molecule has 0 amide bonds. The maximum Gasteiger partial charge on any atom is 0.164 e. The van der Waals surface area contributed by atoms with Gasteiger partial charge in [0.25, 0.3) is 0 Å². The molecule has 0 aliphatic heterocycles. The van der Waals surface area contributed by atoms with Crippen molar-refractivity contribution in [2.24, 2.45) is 0 Å². The van der Waals surface area contributed by atoms with E-state index in [1.54, 1.807) is 11.3 Å². The normalized spacial score (nSPS) is 11.9. The standard InChI is InChI=1S/C45H25N3OS2/c1-2-12-26(13-3-1)43-46-44(32-20-11-25-38-39(32)31-15-5-7-24-37(31)50-38)48-45(47-43)33-19-10-22-35-41(33)40-28(16-9-21-34(40)49-35)30-18-8-17-29-27-14-4-6-23-36(27)51-42(29)30/h1-25H. The molecule has 11 aromatic rings. The van der Waals surface area contributed by atoms with Gasteiger partial charge in [-0.3, -0.25) is 0 Å². The molecule has 7 aromatic carbocycles. The van der Waals surface area contributed by atoms with Gasteiger partial charge in [-0.05, 0) is 35.9 Å². The number of furan rings is 1. The molecule has 0 bridgehead atoms. The fourth-order valence-corrected chi connectivity index (χ4v) is 9.89. The second kappa shape index (κ2) is 11.2. The first-order valence-corrected chi connectivity index (χ1v) is 18.5. The minimum Gasteiger partial charge on any atom is -0.456 e. The third-order valence-corrected chi connectivity index (χ3v) is 12.1. The van der Waals surface area contributed by atoms with Crippen LogP contribution in [-0.2, 0) is 0 Å². The minimum atomic E-state index is 0.610. The zero-order chi connectivity index (χ0) is 33.5. The Hall–Kier alpha value is -6.21. The zero-order valence-corrected chi connectivity index (χ0v) is 28.6. The highest BCUT2D eigenvalue weighted by atomic mass is 32.1. The largest absolute Gasteiger partial charge is 0.456 e. The van der Waals surface area contributed by atoms with Crippen molar-refractivity contribution >= 4 is 85.0 Å². The number of fused-ring (bicyclic) bond motifs is 9. The van der Waals surface area contributed by atoms with E-state index in [9.17, 15) is 0 Å². The minimum absolute atomic E-state index is 0.610. The molecular weight excluding hydrogens is 663 g/mol. The lowest BCUT2D eigenvalue weighted by atomic mass is 9.96. The van der Waals surface area contributed by atoms with Gasteiger partial charge in [-0.2, -0.15) is 0 Å². The van der Waals surface area contributed by atoms with Gasteiger partial charge in [-0.25, -0.2) is 15.0 Å². The first-order chi connectivity index (χ1) is 25.3. The first-order valence-electron chi connectivity index (χ1n) is 16.9. The van der Waals surface area contributed by atoms with Crippen LogP contribution >= 0.6 is 22.7 Å². The van der Waals surface area contributed by atoms with Crippen LogP contribution in [0.25, 0.3) is 108 Å². The highest BCUT2D eigenvalue weighted by molar-refractivity contribution is 7.26. The molecule has 0 unspecified atom stereocenters. The summed E-state index contributed by atoms with van der Waals surface area (Å²) in [4.78, 5) is 15.6. The lowest BCUT2D eigenvalue weighted by Gasteiger charge is -2.11. The number of hydrogen-bond donors (Lipinski definition) is 0. The van der Waals surface area contributed by atoms with Crippen LogP contribution in [0.15, 0.2) is 156 Å². The van der Waals surface area contributed by atoms with E-state index in [1.807, 2.05) is 41.7 Å². The average molecular weight is 688 g/mol. The summed E-state index contributed by atoms with van der Waals surface area (Å²) in [6.07, 6.45) is 0. The Morgan fingerprint density at radius 3 is 1.67 bits per heavy atom. The maximum absolute atomic E-state index is 6.61. The Bertz CT molecular complexity index is 3160. The Kier molecular flexibility index (Phi) is 6.26. The van der Waals surface area contributed by atoms with Gasteiger partial charge in [0.2, 0.25) is 0 Å². The van der Waals surface area contributed by atoms with Crippen molar-refractivity contribution in [3.05, 3.63) is 152 Å². The van der Waals surface area contributed by atoms with Gasteiger partial charge >= 0.3 is 0 Å². The highest BCUT2D eigenvalue weighted by Gasteiger charge is 2.22. The van der Waals surface area contributed by atoms with Gasteiger partial charge in [0, 0.05) is 73.4 Å². The SMILES string of the molecule is c1ccc(-c2nc(-c3cccc4sc5ccccc5c34)nc(-c3cccc4oc5cccc(-c6cccc7c6sc6ccccc67)c5c34)n2)cc1. The summed E-state index contributed by atoms with van der Waals surface area (Å²) < 4.78 is 11.6. The molecule has 0 fully saturated rings. The van der Waals surface area contributed by atoms with Crippen molar-refractivity contribution < 1.29 is 4.42 Å². The Morgan fingerprint density at radius 1 is 0.353 bits per heavy atom. The summed E-state index contributed by atoms with van der Waals surface area (Å²) in [5, 5.41) is 6.98. The molecule has 0 atom stereocenters. The summed E-state index contributed by atoms with van der Waals surface area (Å²) in [5.41, 5.74) is 6.79. The molecule has 4 nitrogen and oxygen atoms in total. The molecule has 0 aliphatic carbocycles. The van der Waals surface area contributed by atoms with Crippen molar-refractivity contribution in [2.75, 3.05) is 0 Å². The Labute approximate surface area is 299 Å². The van der Waals surface area contributed by atoms with Crippen LogP contribution in [0, 0.1) is 0 Å². The molecule has 0 spiro atoms. The number of hydrogen-bond acceptors (Lipinski definition) is 6. The summed E-state index contributed by atoms with van der Waals surface area (Å²) in [6, 6.07) is 53.0. The third-order valence-electron chi connectivity index (χ3n) is 9.77. The topological polar surface area (TPSA) is 51.8 Å². The van der Waals surface area contributed by atoms with Crippen molar-refractivity contribution in [3.63, 3.8) is 0 Å². The first kappa shape index (κ1) is 28.6. The second-order valence-electron chi connectivity index (χ2n) is 12.7. The smallest absolute Gasteiger partial charge is 0.164 e. The number of nitrogens with zero attached hydrogens (tertiary/aromatic N) is 3. The molecule has 6 heteroatoms. The molecule has 0 saturated heterocycles. The van der Waals surface area contributed by atoms with Gasteiger partial charge in [0.15, 0.2) is 17.5 Å². The van der Waals surface area contributed by atoms with Crippen LogP contribution in [0.2, 0.25) is 0 Å². The quantitative estimate of drug-likeness (QED) is 0.185. The summed E-state index contributed by atoms with van der Waals surface area (Å²) in [5.74, 6) is 1.89. The zero-order valence-electron chi connectivity index (χ0n) is 27.0. The predicted molar refractivity (Wildman–Crippen MR) is 215 cm³/mol. The van der Waals surface area contributed by atoms with Crippen LogP contribution in [0.1, 0.15) is 0 Å². The number of thiophene rings is 2. The number of aromatic nitrogens is 3. The van der Waals surface area contributed by atoms with E-state index in [4.69, 9.17) is 19.4 Å². The second-order valence-corrected chi connectivity index (χ2v) is 14.8. The fraction of sp³-hybridized carbons (Fsp3) is 0.